The Morgan fingerprint density at radius 2 is 1.47 bits per heavy atom. The first-order valence-corrected chi connectivity index (χ1v) is 11.9. The molecule has 5 heteroatoms. The Balaban J connectivity index is 1.51. The fourth-order valence-electron chi connectivity index (χ4n) is 4.37. The number of carbonyl (C=O) groups is 1. The molecule has 3 aromatic rings. The first-order chi connectivity index (χ1) is 16.7. The van der Waals surface area contributed by atoms with E-state index in [1.54, 1.807) is 12.1 Å². The lowest BCUT2D eigenvalue weighted by Gasteiger charge is -2.34. The van der Waals surface area contributed by atoms with Gasteiger partial charge in [-0.3, -0.25) is 0 Å². The summed E-state index contributed by atoms with van der Waals surface area (Å²) < 4.78 is 24.8. The summed E-state index contributed by atoms with van der Waals surface area (Å²) >= 11 is 0. The van der Waals surface area contributed by atoms with Gasteiger partial charge in [-0.15, -0.1) is 0 Å². The lowest BCUT2D eigenvalue weighted by Crippen LogP contribution is -2.50. The van der Waals surface area contributed by atoms with Crippen molar-refractivity contribution in [1.82, 2.24) is 0 Å². The number of rotatable bonds is 11. The molecule has 0 bridgehead atoms. The molecule has 3 unspecified atom stereocenters. The van der Waals surface area contributed by atoms with Crippen LogP contribution in [0.5, 0.6) is 0 Å². The minimum atomic E-state index is -0.878. The highest BCUT2D eigenvalue weighted by molar-refractivity contribution is 5.89. The van der Waals surface area contributed by atoms with Gasteiger partial charge in [0.25, 0.3) is 0 Å². The van der Waals surface area contributed by atoms with Gasteiger partial charge in [0.15, 0.2) is 5.60 Å². The van der Waals surface area contributed by atoms with Gasteiger partial charge in [0, 0.05) is 0 Å². The van der Waals surface area contributed by atoms with Crippen LogP contribution in [0.4, 0.5) is 0 Å². The van der Waals surface area contributed by atoms with Crippen molar-refractivity contribution >= 4 is 5.97 Å². The van der Waals surface area contributed by atoms with E-state index in [1.807, 2.05) is 78.9 Å². The highest BCUT2D eigenvalue weighted by Crippen LogP contribution is 2.37. The molecule has 3 atom stereocenters. The Hall–Kier alpha value is -2.99. The SMILES string of the molecule is CCCC1(OC(=O)c2ccccc2)COC(COCc2ccccc2)C1OCc1ccccc1. The summed E-state index contributed by atoms with van der Waals surface area (Å²) in [7, 11) is 0. The van der Waals surface area contributed by atoms with Crippen LogP contribution in [0.2, 0.25) is 0 Å². The second-order valence-electron chi connectivity index (χ2n) is 8.64. The summed E-state index contributed by atoms with van der Waals surface area (Å²) in [6, 6.07) is 29.1. The van der Waals surface area contributed by atoms with Crippen molar-refractivity contribution in [2.45, 2.75) is 50.8 Å². The van der Waals surface area contributed by atoms with Crippen molar-refractivity contribution in [3.8, 4) is 0 Å². The summed E-state index contributed by atoms with van der Waals surface area (Å²) in [5, 5.41) is 0. The molecule has 1 saturated heterocycles. The lowest BCUT2D eigenvalue weighted by atomic mass is 9.90. The number of ether oxygens (including phenoxy) is 4. The zero-order valence-electron chi connectivity index (χ0n) is 19.6. The quantitative estimate of drug-likeness (QED) is 0.350. The number of benzene rings is 3. The molecular formula is C29H32O5. The van der Waals surface area contributed by atoms with Gasteiger partial charge in [0.1, 0.15) is 12.2 Å². The molecule has 1 fully saturated rings. The highest BCUT2D eigenvalue weighted by atomic mass is 16.6. The van der Waals surface area contributed by atoms with Crippen LogP contribution in [0.15, 0.2) is 91.0 Å². The smallest absolute Gasteiger partial charge is 0.338 e. The van der Waals surface area contributed by atoms with E-state index in [-0.39, 0.29) is 18.7 Å². The van der Waals surface area contributed by atoms with Crippen molar-refractivity contribution in [3.05, 3.63) is 108 Å². The van der Waals surface area contributed by atoms with Crippen LogP contribution in [-0.2, 0) is 32.2 Å². The molecule has 1 aliphatic heterocycles. The maximum atomic E-state index is 13.0. The van der Waals surface area contributed by atoms with Crippen LogP contribution < -0.4 is 0 Å². The van der Waals surface area contributed by atoms with Crippen molar-refractivity contribution < 1.29 is 23.7 Å². The first-order valence-electron chi connectivity index (χ1n) is 11.9. The maximum Gasteiger partial charge on any atom is 0.338 e. The highest BCUT2D eigenvalue weighted by Gasteiger charge is 2.53. The third-order valence-electron chi connectivity index (χ3n) is 6.04. The van der Waals surface area contributed by atoms with E-state index in [1.165, 1.54) is 0 Å². The number of hydrogen-bond acceptors (Lipinski definition) is 5. The van der Waals surface area contributed by atoms with E-state index in [2.05, 4.69) is 6.92 Å². The van der Waals surface area contributed by atoms with Crippen molar-refractivity contribution in [1.29, 1.82) is 0 Å². The normalized spacial score (nSPS) is 21.9. The molecule has 4 rings (SSSR count). The first kappa shape index (κ1) is 24.1. The van der Waals surface area contributed by atoms with E-state index in [9.17, 15) is 4.79 Å². The Labute approximate surface area is 201 Å². The Kier molecular flexibility index (Phi) is 8.47. The molecule has 0 aromatic heterocycles. The fourth-order valence-corrected chi connectivity index (χ4v) is 4.37. The molecule has 1 heterocycles. The second-order valence-corrected chi connectivity index (χ2v) is 8.64. The molecule has 34 heavy (non-hydrogen) atoms. The molecule has 0 amide bonds. The van der Waals surface area contributed by atoms with Crippen LogP contribution in [0.1, 0.15) is 41.3 Å². The predicted molar refractivity (Wildman–Crippen MR) is 130 cm³/mol. The van der Waals surface area contributed by atoms with E-state index in [0.717, 1.165) is 17.5 Å². The van der Waals surface area contributed by atoms with Crippen molar-refractivity contribution in [2.75, 3.05) is 13.2 Å². The third-order valence-corrected chi connectivity index (χ3v) is 6.04. The summed E-state index contributed by atoms with van der Waals surface area (Å²) in [5.74, 6) is -0.364. The molecule has 178 valence electrons. The average molecular weight is 461 g/mol. The maximum absolute atomic E-state index is 13.0. The molecule has 0 radical (unpaired) electrons. The van der Waals surface area contributed by atoms with Crippen molar-refractivity contribution in [3.63, 3.8) is 0 Å². The number of hydrogen-bond donors (Lipinski definition) is 0. The van der Waals surface area contributed by atoms with Gasteiger partial charge in [0.05, 0.1) is 32.0 Å². The molecule has 0 aliphatic carbocycles. The predicted octanol–water partition coefficient (Wildman–Crippen LogP) is 5.58. The van der Waals surface area contributed by atoms with E-state index in [0.29, 0.717) is 31.8 Å². The van der Waals surface area contributed by atoms with Gasteiger partial charge in [-0.25, -0.2) is 4.79 Å². The minimum absolute atomic E-state index is 0.276. The zero-order valence-corrected chi connectivity index (χ0v) is 19.6. The zero-order chi connectivity index (χ0) is 23.6. The van der Waals surface area contributed by atoms with Gasteiger partial charge in [-0.05, 0) is 29.7 Å². The molecule has 0 N–H and O–H groups in total. The van der Waals surface area contributed by atoms with Gasteiger partial charge in [0.2, 0.25) is 0 Å². The molecule has 1 aliphatic rings. The largest absolute Gasteiger partial charge is 0.450 e. The topological polar surface area (TPSA) is 54.0 Å². The van der Waals surface area contributed by atoms with Gasteiger partial charge >= 0.3 is 5.97 Å². The Morgan fingerprint density at radius 3 is 2.09 bits per heavy atom. The van der Waals surface area contributed by atoms with Crippen LogP contribution >= 0.6 is 0 Å². The van der Waals surface area contributed by atoms with E-state index >= 15 is 0 Å². The van der Waals surface area contributed by atoms with Crippen LogP contribution in [0.3, 0.4) is 0 Å². The average Bonchev–Trinajstić information content (AvgIpc) is 3.21. The second kappa shape index (κ2) is 11.9. The summed E-state index contributed by atoms with van der Waals surface area (Å²) in [4.78, 5) is 13.0. The number of esters is 1. The molecule has 0 spiro atoms. The van der Waals surface area contributed by atoms with Crippen LogP contribution in [0, 0.1) is 0 Å². The summed E-state index contributed by atoms with van der Waals surface area (Å²) in [6.45, 7) is 3.58. The monoisotopic (exact) mass is 460 g/mol. The van der Waals surface area contributed by atoms with Crippen LogP contribution in [0.25, 0.3) is 0 Å². The van der Waals surface area contributed by atoms with Crippen molar-refractivity contribution in [2.24, 2.45) is 0 Å². The van der Waals surface area contributed by atoms with Crippen LogP contribution in [-0.4, -0.2) is 37.0 Å². The molecule has 5 nitrogen and oxygen atoms in total. The fraction of sp³-hybridized carbons (Fsp3) is 0.345. The Morgan fingerprint density at radius 1 is 0.882 bits per heavy atom. The van der Waals surface area contributed by atoms with E-state index in [4.69, 9.17) is 18.9 Å². The third kappa shape index (κ3) is 6.11. The molecular weight excluding hydrogens is 428 g/mol. The van der Waals surface area contributed by atoms with Gasteiger partial charge < -0.3 is 18.9 Å². The Bertz CT molecular complexity index is 1010. The minimum Gasteiger partial charge on any atom is -0.450 e. The molecule has 3 aromatic carbocycles. The lowest BCUT2D eigenvalue weighted by molar-refractivity contribution is -0.117. The van der Waals surface area contributed by atoms with Gasteiger partial charge in [-0.2, -0.15) is 0 Å². The van der Waals surface area contributed by atoms with E-state index < -0.39 is 11.7 Å². The number of carbonyl (C=O) groups excluding carboxylic acids is 1. The summed E-state index contributed by atoms with van der Waals surface area (Å²) in [6.07, 6.45) is 0.674. The van der Waals surface area contributed by atoms with Gasteiger partial charge in [-0.1, -0.05) is 92.2 Å². The summed E-state index contributed by atoms with van der Waals surface area (Å²) in [5.41, 5.74) is 1.79. The standard InChI is InChI=1S/C29H32O5/c1-2-18-29(34-28(30)25-16-10-5-11-17-25)22-33-26(21-31-19-23-12-6-3-7-13-23)27(29)32-20-24-14-8-4-9-15-24/h3-17,26-27H,2,18-22H2,1H3. The molecule has 0 saturated carbocycles.